The molecule has 1 aliphatic heterocycles. The van der Waals surface area contributed by atoms with Crippen LogP contribution in [0.5, 0.6) is 0 Å². The lowest BCUT2D eigenvalue weighted by Crippen LogP contribution is -2.55. The van der Waals surface area contributed by atoms with Crippen LogP contribution in [-0.4, -0.2) is 55.3 Å². The largest absolute Gasteiger partial charge is 0.465 e. The monoisotopic (exact) mass is 430 g/mol. The number of benzene rings is 1. The van der Waals surface area contributed by atoms with Crippen LogP contribution in [0.2, 0.25) is 0 Å². The first-order valence-corrected chi connectivity index (χ1v) is 9.14. The van der Waals surface area contributed by atoms with E-state index >= 15 is 0 Å². The molecule has 0 aliphatic carbocycles. The van der Waals surface area contributed by atoms with Crippen LogP contribution in [0.1, 0.15) is 38.1 Å². The van der Waals surface area contributed by atoms with Crippen molar-refractivity contribution >= 4 is 33.7 Å². The van der Waals surface area contributed by atoms with E-state index in [1.807, 2.05) is 32.6 Å². The second-order valence-corrected chi connectivity index (χ2v) is 8.16. The van der Waals surface area contributed by atoms with Crippen molar-refractivity contribution in [2.24, 2.45) is 0 Å². The highest BCUT2D eigenvalue weighted by atomic mass is 79.9. The molecule has 1 aromatic rings. The standard InChI is InChI=1S/C18H24BrFN2O4/c1-11-10-21(17(24)26-18(2,3)4)6-7-22(11)14-9-12(19)8-13(20)15(14)16(23)25-5/h8-9,11H,6-7,10H2,1-5H3/t11-/m1/s1. The first-order chi connectivity index (χ1) is 12.0. The van der Waals surface area contributed by atoms with Crippen molar-refractivity contribution in [2.45, 2.75) is 39.3 Å². The topological polar surface area (TPSA) is 59.1 Å². The molecule has 1 amide bonds. The highest BCUT2D eigenvalue weighted by Gasteiger charge is 2.32. The summed E-state index contributed by atoms with van der Waals surface area (Å²) in [5, 5.41) is 0. The van der Waals surface area contributed by atoms with E-state index in [0.29, 0.717) is 29.8 Å². The highest BCUT2D eigenvalue weighted by Crippen LogP contribution is 2.31. The van der Waals surface area contributed by atoms with Gasteiger partial charge in [0, 0.05) is 30.1 Å². The molecule has 6 nitrogen and oxygen atoms in total. The highest BCUT2D eigenvalue weighted by molar-refractivity contribution is 9.10. The van der Waals surface area contributed by atoms with E-state index in [1.165, 1.54) is 13.2 Å². The van der Waals surface area contributed by atoms with Crippen molar-refractivity contribution in [1.82, 2.24) is 4.90 Å². The number of rotatable bonds is 2. The van der Waals surface area contributed by atoms with Gasteiger partial charge in [-0.3, -0.25) is 0 Å². The van der Waals surface area contributed by atoms with Gasteiger partial charge in [0.1, 0.15) is 17.0 Å². The minimum Gasteiger partial charge on any atom is -0.465 e. The molecule has 26 heavy (non-hydrogen) atoms. The minimum atomic E-state index is -0.730. The number of piperazine rings is 1. The van der Waals surface area contributed by atoms with Crippen LogP contribution >= 0.6 is 15.9 Å². The molecule has 1 aromatic carbocycles. The summed E-state index contributed by atoms with van der Waals surface area (Å²) >= 11 is 3.27. The number of nitrogens with zero attached hydrogens (tertiary/aromatic N) is 2. The third-order valence-electron chi connectivity index (χ3n) is 4.01. The molecule has 0 unspecified atom stereocenters. The molecular weight excluding hydrogens is 407 g/mol. The Hall–Kier alpha value is -1.83. The van der Waals surface area contributed by atoms with Crippen molar-refractivity contribution in [3.05, 3.63) is 28.0 Å². The fraction of sp³-hybridized carbons (Fsp3) is 0.556. The van der Waals surface area contributed by atoms with Gasteiger partial charge in [0.05, 0.1) is 12.8 Å². The van der Waals surface area contributed by atoms with E-state index in [9.17, 15) is 14.0 Å². The molecule has 144 valence electrons. The van der Waals surface area contributed by atoms with E-state index < -0.39 is 17.4 Å². The number of methoxy groups -OCH3 is 1. The van der Waals surface area contributed by atoms with Crippen LogP contribution in [0.15, 0.2) is 16.6 Å². The maximum absolute atomic E-state index is 14.4. The normalized spacial score (nSPS) is 17.9. The smallest absolute Gasteiger partial charge is 0.410 e. The maximum Gasteiger partial charge on any atom is 0.410 e. The Morgan fingerprint density at radius 3 is 2.46 bits per heavy atom. The average molecular weight is 431 g/mol. The first-order valence-electron chi connectivity index (χ1n) is 8.35. The molecular formula is C18H24BrFN2O4. The van der Waals surface area contributed by atoms with Gasteiger partial charge in [-0.1, -0.05) is 15.9 Å². The number of amides is 1. The van der Waals surface area contributed by atoms with Crippen LogP contribution in [0.3, 0.4) is 0 Å². The number of anilines is 1. The quantitative estimate of drug-likeness (QED) is 0.667. The van der Waals surface area contributed by atoms with Gasteiger partial charge in [0.25, 0.3) is 0 Å². The Morgan fingerprint density at radius 1 is 1.27 bits per heavy atom. The molecule has 1 saturated heterocycles. The van der Waals surface area contributed by atoms with E-state index in [1.54, 1.807) is 11.0 Å². The third-order valence-corrected chi connectivity index (χ3v) is 4.47. The number of hydrogen-bond donors (Lipinski definition) is 0. The van der Waals surface area contributed by atoms with Crippen LogP contribution in [-0.2, 0) is 9.47 Å². The van der Waals surface area contributed by atoms with E-state index in [4.69, 9.17) is 9.47 Å². The van der Waals surface area contributed by atoms with Gasteiger partial charge in [-0.15, -0.1) is 0 Å². The second-order valence-electron chi connectivity index (χ2n) is 7.24. The lowest BCUT2D eigenvalue weighted by Gasteiger charge is -2.42. The Bertz CT molecular complexity index is 705. The summed E-state index contributed by atoms with van der Waals surface area (Å²) in [5.74, 6) is -1.38. The van der Waals surface area contributed by atoms with Crippen LogP contribution in [0.25, 0.3) is 0 Å². The zero-order valence-corrected chi connectivity index (χ0v) is 17.2. The SMILES string of the molecule is COC(=O)c1c(F)cc(Br)cc1N1CCN(C(=O)OC(C)(C)C)C[C@H]1C. The summed E-state index contributed by atoms with van der Waals surface area (Å²) in [5.41, 5.74) is -0.225. The molecule has 1 aliphatic rings. The van der Waals surface area contributed by atoms with Crippen LogP contribution in [0, 0.1) is 5.82 Å². The number of ether oxygens (including phenoxy) is 2. The van der Waals surface area contributed by atoms with Gasteiger partial charge >= 0.3 is 12.1 Å². The molecule has 1 fully saturated rings. The molecule has 0 bridgehead atoms. The van der Waals surface area contributed by atoms with Gasteiger partial charge in [-0.2, -0.15) is 0 Å². The molecule has 0 radical (unpaired) electrons. The van der Waals surface area contributed by atoms with E-state index in [2.05, 4.69) is 15.9 Å². The third kappa shape index (κ3) is 4.66. The van der Waals surface area contributed by atoms with E-state index in [0.717, 1.165) is 0 Å². The Balaban J connectivity index is 2.25. The second kappa shape index (κ2) is 7.82. The number of esters is 1. The molecule has 0 spiro atoms. The van der Waals surface area contributed by atoms with Crippen molar-refractivity contribution in [3.63, 3.8) is 0 Å². The fourth-order valence-electron chi connectivity index (χ4n) is 2.90. The van der Waals surface area contributed by atoms with Crippen molar-refractivity contribution in [1.29, 1.82) is 0 Å². The molecule has 0 aromatic heterocycles. The molecule has 8 heteroatoms. The summed E-state index contributed by atoms with van der Waals surface area (Å²) in [4.78, 5) is 27.9. The maximum atomic E-state index is 14.4. The zero-order valence-electron chi connectivity index (χ0n) is 15.6. The minimum absolute atomic E-state index is 0.103. The lowest BCUT2D eigenvalue weighted by atomic mass is 10.1. The Kier molecular flexibility index (Phi) is 6.16. The van der Waals surface area contributed by atoms with Crippen molar-refractivity contribution in [2.75, 3.05) is 31.6 Å². The number of carbonyl (C=O) groups excluding carboxylic acids is 2. The number of carbonyl (C=O) groups is 2. The summed E-state index contributed by atoms with van der Waals surface area (Å²) in [7, 11) is 1.22. The molecule has 0 saturated carbocycles. The summed E-state index contributed by atoms with van der Waals surface area (Å²) in [6.07, 6.45) is -0.377. The fourth-order valence-corrected chi connectivity index (χ4v) is 3.32. The van der Waals surface area contributed by atoms with Crippen molar-refractivity contribution in [3.8, 4) is 0 Å². The van der Waals surface area contributed by atoms with Crippen LogP contribution < -0.4 is 4.90 Å². The lowest BCUT2D eigenvalue weighted by molar-refractivity contribution is 0.0218. The Morgan fingerprint density at radius 2 is 1.92 bits per heavy atom. The molecule has 1 atom stereocenters. The van der Waals surface area contributed by atoms with Gasteiger partial charge in [-0.25, -0.2) is 14.0 Å². The van der Waals surface area contributed by atoms with E-state index in [-0.39, 0.29) is 17.7 Å². The van der Waals surface area contributed by atoms with Crippen molar-refractivity contribution < 1.29 is 23.5 Å². The number of hydrogen-bond acceptors (Lipinski definition) is 5. The number of halogens is 2. The summed E-state index contributed by atoms with van der Waals surface area (Å²) < 4.78 is 25.0. The van der Waals surface area contributed by atoms with Crippen LogP contribution in [0.4, 0.5) is 14.9 Å². The predicted octanol–water partition coefficient (Wildman–Crippen LogP) is 3.82. The predicted molar refractivity (Wildman–Crippen MR) is 100 cm³/mol. The Labute approximate surface area is 161 Å². The van der Waals surface area contributed by atoms with Gasteiger partial charge < -0.3 is 19.3 Å². The first kappa shape index (κ1) is 20.5. The summed E-state index contributed by atoms with van der Waals surface area (Å²) in [6, 6.07) is 2.79. The zero-order chi connectivity index (χ0) is 19.6. The summed E-state index contributed by atoms with van der Waals surface area (Å²) in [6.45, 7) is 8.63. The van der Waals surface area contributed by atoms with Gasteiger partial charge in [-0.05, 0) is 39.8 Å². The van der Waals surface area contributed by atoms with Gasteiger partial charge in [0.2, 0.25) is 0 Å². The molecule has 1 heterocycles. The van der Waals surface area contributed by atoms with Gasteiger partial charge in [0.15, 0.2) is 0 Å². The molecule has 0 N–H and O–H groups in total. The average Bonchev–Trinajstić information content (AvgIpc) is 2.51. The molecule has 2 rings (SSSR count).